The molecule has 6 nitrogen and oxygen atoms in total. The van der Waals surface area contributed by atoms with Crippen LogP contribution in [0.3, 0.4) is 0 Å². The smallest absolute Gasteiger partial charge is 0.337 e. The van der Waals surface area contributed by atoms with Crippen molar-refractivity contribution in [1.82, 2.24) is 4.72 Å². The van der Waals surface area contributed by atoms with E-state index in [9.17, 15) is 13.2 Å². The highest BCUT2D eigenvalue weighted by atomic mass is 32.2. The van der Waals surface area contributed by atoms with Crippen LogP contribution in [0.2, 0.25) is 0 Å². The van der Waals surface area contributed by atoms with Gasteiger partial charge in [0.05, 0.1) is 10.5 Å². The van der Waals surface area contributed by atoms with Gasteiger partial charge in [0, 0.05) is 12.2 Å². The predicted molar refractivity (Wildman–Crippen MR) is 74.9 cm³/mol. The summed E-state index contributed by atoms with van der Waals surface area (Å²) in [4.78, 5) is 10.9. The topological polar surface area (TPSA) is 109 Å². The van der Waals surface area contributed by atoms with Gasteiger partial charge in [-0.1, -0.05) is 13.8 Å². The second kappa shape index (κ2) is 4.75. The summed E-state index contributed by atoms with van der Waals surface area (Å²) in [5.74, 6) is -1.02. The van der Waals surface area contributed by atoms with Crippen LogP contribution in [0.1, 0.15) is 30.6 Å². The molecule has 0 saturated heterocycles. The first-order valence-electron chi connectivity index (χ1n) is 6.26. The van der Waals surface area contributed by atoms with Crippen molar-refractivity contribution >= 4 is 21.7 Å². The Bertz CT molecular complexity index is 652. The van der Waals surface area contributed by atoms with Crippen molar-refractivity contribution in [1.29, 1.82) is 0 Å². The van der Waals surface area contributed by atoms with Crippen LogP contribution in [-0.2, 0) is 10.0 Å². The molecule has 7 heteroatoms. The Morgan fingerprint density at radius 3 is 2.60 bits per heavy atom. The van der Waals surface area contributed by atoms with E-state index in [0.717, 1.165) is 12.5 Å². The van der Waals surface area contributed by atoms with Crippen LogP contribution in [-0.4, -0.2) is 26.0 Å². The molecule has 0 aromatic heterocycles. The number of carboxylic acid groups (broad SMARTS) is 1. The number of nitrogens with one attached hydrogen (secondary N) is 1. The third-order valence-corrected chi connectivity index (χ3v) is 5.24. The van der Waals surface area contributed by atoms with Crippen LogP contribution in [0.4, 0.5) is 5.69 Å². The van der Waals surface area contributed by atoms with Gasteiger partial charge in [0.1, 0.15) is 0 Å². The second-order valence-corrected chi connectivity index (χ2v) is 7.54. The van der Waals surface area contributed by atoms with E-state index in [4.69, 9.17) is 10.8 Å². The molecule has 110 valence electrons. The summed E-state index contributed by atoms with van der Waals surface area (Å²) in [7, 11) is -3.84. The van der Waals surface area contributed by atoms with Crippen molar-refractivity contribution in [3.63, 3.8) is 0 Å². The average Bonchev–Trinajstić information content (AvgIpc) is 2.94. The van der Waals surface area contributed by atoms with E-state index in [1.807, 2.05) is 0 Å². The number of aromatic carboxylic acids is 1. The first-order valence-corrected chi connectivity index (χ1v) is 7.74. The number of rotatable bonds is 5. The van der Waals surface area contributed by atoms with Gasteiger partial charge in [-0.3, -0.25) is 0 Å². The van der Waals surface area contributed by atoms with Gasteiger partial charge in [0.25, 0.3) is 0 Å². The normalized spacial score (nSPS) is 20.6. The van der Waals surface area contributed by atoms with E-state index in [2.05, 4.69) is 18.6 Å². The van der Waals surface area contributed by atoms with E-state index < -0.39 is 16.0 Å². The molecule has 1 saturated carbocycles. The summed E-state index contributed by atoms with van der Waals surface area (Å²) in [5, 5.41) is 9.08. The van der Waals surface area contributed by atoms with Crippen molar-refractivity contribution < 1.29 is 18.3 Å². The first-order chi connectivity index (χ1) is 9.13. The Labute approximate surface area is 118 Å². The molecule has 0 amide bonds. The molecule has 0 spiro atoms. The summed E-state index contributed by atoms with van der Waals surface area (Å²) in [6, 6.07) is 3.75. The number of benzene rings is 1. The Kier molecular flexibility index (Phi) is 3.51. The van der Waals surface area contributed by atoms with E-state index in [1.54, 1.807) is 0 Å². The number of carboxylic acids is 1. The van der Waals surface area contributed by atoms with Crippen LogP contribution < -0.4 is 10.5 Å². The van der Waals surface area contributed by atoms with Gasteiger partial charge in [0.15, 0.2) is 0 Å². The van der Waals surface area contributed by atoms with Gasteiger partial charge in [-0.25, -0.2) is 17.9 Å². The number of nitrogens with two attached hydrogens (primary N) is 1. The summed E-state index contributed by atoms with van der Waals surface area (Å²) in [6.45, 7) is 4.45. The third-order valence-electron chi connectivity index (χ3n) is 3.76. The molecule has 2 rings (SSSR count). The molecular weight excluding hydrogens is 280 g/mol. The van der Waals surface area contributed by atoms with Crippen LogP contribution in [0.5, 0.6) is 0 Å². The van der Waals surface area contributed by atoms with E-state index in [1.165, 1.54) is 12.1 Å². The molecular formula is C13H18N2O4S. The van der Waals surface area contributed by atoms with Crippen LogP contribution >= 0.6 is 0 Å². The molecule has 0 bridgehead atoms. The third kappa shape index (κ3) is 2.94. The van der Waals surface area contributed by atoms with Gasteiger partial charge >= 0.3 is 5.97 Å². The largest absolute Gasteiger partial charge is 0.478 e. The lowest BCUT2D eigenvalue weighted by atomic mass is 10.1. The fourth-order valence-electron chi connectivity index (χ4n) is 2.16. The monoisotopic (exact) mass is 298 g/mol. The average molecular weight is 298 g/mol. The molecule has 0 heterocycles. The number of hydrogen-bond acceptors (Lipinski definition) is 4. The molecule has 1 aliphatic rings. The fourth-order valence-corrected chi connectivity index (χ4v) is 3.42. The van der Waals surface area contributed by atoms with Crippen LogP contribution in [0.25, 0.3) is 0 Å². The van der Waals surface area contributed by atoms with Gasteiger partial charge in [-0.2, -0.15) is 0 Å². The van der Waals surface area contributed by atoms with Crippen molar-refractivity contribution in [2.45, 2.75) is 25.2 Å². The van der Waals surface area contributed by atoms with Gasteiger partial charge < -0.3 is 10.8 Å². The molecule has 1 unspecified atom stereocenters. The van der Waals surface area contributed by atoms with Crippen LogP contribution in [0.15, 0.2) is 23.1 Å². The van der Waals surface area contributed by atoms with Gasteiger partial charge in [-0.05, 0) is 36.0 Å². The summed E-state index contributed by atoms with van der Waals surface area (Å²) in [5.41, 5.74) is 5.55. The predicted octanol–water partition coefficient (Wildman–Crippen LogP) is 1.29. The lowest BCUT2D eigenvalue weighted by Gasteiger charge is -2.10. The van der Waals surface area contributed by atoms with Crippen LogP contribution in [0, 0.1) is 11.3 Å². The lowest BCUT2D eigenvalue weighted by Crippen LogP contribution is -2.28. The number of hydrogen-bond donors (Lipinski definition) is 3. The molecule has 1 aromatic rings. The number of nitrogen functional groups attached to an aromatic ring is 1. The molecule has 0 aliphatic heterocycles. The minimum Gasteiger partial charge on any atom is -0.478 e. The maximum Gasteiger partial charge on any atom is 0.337 e. The van der Waals surface area contributed by atoms with E-state index >= 15 is 0 Å². The first kappa shape index (κ1) is 14.8. The molecule has 0 radical (unpaired) electrons. The van der Waals surface area contributed by atoms with E-state index in [-0.39, 0.29) is 21.6 Å². The Morgan fingerprint density at radius 1 is 1.50 bits per heavy atom. The zero-order valence-electron chi connectivity index (χ0n) is 11.4. The molecule has 1 aromatic carbocycles. The Hall–Kier alpha value is -1.60. The highest BCUT2D eigenvalue weighted by molar-refractivity contribution is 7.89. The molecule has 1 aliphatic carbocycles. The molecule has 20 heavy (non-hydrogen) atoms. The quantitative estimate of drug-likeness (QED) is 0.710. The lowest BCUT2D eigenvalue weighted by molar-refractivity contribution is 0.0692. The molecule has 4 N–H and O–H groups in total. The molecule has 1 fully saturated rings. The summed E-state index contributed by atoms with van der Waals surface area (Å²) < 4.78 is 26.9. The standard InChI is InChI=1S/C13H18N2O4S/c1-13(2)6-8(13)7-15-20(18,19)11-4-3-9(14)5-10(11)12(16)17/h3-5,8,15H,6-7,14H2,1-2H3,(H,16,17). The minimum atomic E-state index is -3.84. The van der Waals surface area contributed by atoms with Crippen molar-refractivity contribution in [2.75, 3.05) is 12.3 Å². The van der Waals surface area contributed by atoms with Crippen molar-refractivity contribution in [3.05, 3.63) is 23.8 Å². The second-order valence-electron chi connectivity index (χ2n) is 5.80. The fraction of sp³-hybridized carbons (Fsp3) is 0.462. The van der Waals surface area contributed by atoms with Crippen molar-refractivity contribution in [3.8, 4) is 0 Å². The zero-order valence-corrected chi connectivity index (χ0v) is 12.2. The SMILES string of the molecule is CC1(C)CC1CNS(=O)(=O)c1ccc(N)cc1C(=O)O. The number of anilines is 1. The highest BCUT2D eigenvalue weighted by Gasteiger charge is 2.45. The molecule has 1 atom stereocenters. The Balaban J connectivity index is 2.23. The van der Waals surface area contributed by atoms with E-state index in [0.29, 0.717) is 12.5 Å². The summed E-state index contributed by atoms with van der Waals surface area (Å²) >= 11 is 0. The van der Waals surface area contributed by atoms with Crippen molar-refractivity contribution in [2.24, 2.45) is 11.3 Å². The highest BCUT2D eigenvalue weighted by Crippen LogP contribution is 2.51. The maximum atomic E-state index is 12.2. The van der Waals surface area contributed by atoms with Gasteiger partial charge in [0.2, 0.25) is 10.0 Å². The number of carbonyl (C=O) groups is 1. The Morgan fingerprint density at radius 2 is 2.10 bits per heavy atom. The maximum absolute atomic E-state index is 12.2. The number of sulfonamides is 1. The minimum absolute atomic E-state index is 0.152. The zero-order chi connectivity index (χ0) is 15.1. The summed E-state index contributed by atoms with van der Waals surface area (Å²) in [6.07, 6.45) is 0.961. The van der Waals surface area contributed by atoms with Gasteiger partial charge in [-0.15, -0.1) is 0 Å².